The Kier molecular flexibility index (Phi) is 4.72. The van der Waals surface area contributed by atoms with E-state index >= 15 is 0 Å². The lowest BCUT2D eigenvalue weighted by atomic mass is 10.3. The fraction of sp³-hybridized carbons (Fsp3) is 0.250. The molecule has 1 aromatic carbocycles. The van der Waals surface area contributed by atoms with Crippen molar-refractivity contribution in [1.29, 1.82) is 0 Å². The first-order valence-corrected chi connectivity index (χ1v) is 5.00. The van der Waals surface area contributed by atoms with Crippen molar-refractivity contribution in [3.63, 3.8) is 0 Å². The van der Waals surface area contributed by atoms with E-state index in [4.69, 9.17) is 4.62 Å². The van der Waals surface area contributed by atoms with E-state index in [2.05, 4.69) is 10.0 Å². The zero-order valence-electron chi connectivity index (χ0n) is 7.27. The van der Waals surface area contributed by atoms with E-state index in [9.17, 15) is 4.89 Å². The molecule has 0 aromatic heterocycles. The van der Waals surface area contributed by atoms with Gasteiger partial charge in [0.25, 0.3) is 0 Å². The third-order valence-corrected chi connectivity index (χ3v) is 1.96. The largest absolute Gasteiger partial charge is 0.386 e. The van der Waals surface area contributed by atoms with Crippen LogP contribution in [0.4, 0.5) is 5.69 Å². The predicted molar refractivity (Wildman–Crippen MR) is 50.4 cm³/mol. The number of para-hydroxylation sites is 1. The molecule has 1 unspecified atom stereocenters. The Morgan fingerprint density at radius 2 is 2.08 bits per heavy atom. The number of rotatable bonds is 5. The summed E-state index contributed by atoms with van der Waals surface area (Å²) in [5, 5.41) is 0. The molecule has 1 aromatic rings. The molecule has 0 spiro atoms. The Morgan fingerprint density at radius 3 is 2.69 bits per heavy atom. The molecule has 0 bridgehead atoms. The van der Waals surface area contributed by atoms with Gasteiger partial charge < -0.3 is 4.52 Å². The Morgan fingerprint density at radius 1 is 1.38 bits per heavy atom. The minimum Gasteiger partial charge on any atom is -0.310 e. The predicted octanol–water partition coefficient (Wildman–Crippen LogP) is 2.72. The van der Waals surface area contributed by atoms with Crippen molar-refractivity contribution in [2.45, 2.75) is 6.92 Å². The van der Waals surface area contributed by atoms with Crippen LogP contribution in [0.15, 0.2) is 30.3 Å². The number of nitrogens with one attached hydrogen (secondary N) is 1. The van der Waals surface area contributed by atoms with Crippen LogP contribution in [0.3, 0.4) is 0 Å². The molecule has 0 saturated carbocycles. The quantitative estimate of drug-likeness (QED) is 0.587. The SMILES string of the molecule is CCOP([O])ONc1ccccc1. The maximum absolute atomic E-state index is 10.9. The van der Waals surface area contributed by atoms with Crippen molar-refractivity contribution >= 4 is 14.3 Å². The standard InChI is InChI=1S/C8H11NO3P/c1-2-11-13(10)12-9-8-6-4-3-5-7-8/h3-7,9H,2H2,1H3. The highest BCUT2D eigenvalue weighted by Gasteiger charge is 2.06. The van der Waals surface area contributed by atoms with Crippen LogP contribution < -0.4 is 5.48 Å². The van der Waals surface area contributed by atoms with Gasteiger partial charge in [0.05, 0.1) is 12.3 Å². The van der Waals surface area contributed by atoms with E-state index in [0.29, 0.717) is 6.61 Å². The fourth-order valence-corrected chi connectivity index (χ4v) is 1.17. The highest BCUT2D eigenvalue weighted by atomic mass is 31.2. The molecular formula is C8H11NO3P. The average molecular weight is 200 g/mol. The number of anilines is 1. The van der Waals surface area contributed by atoms with E-state index in [0.717, 1.165) is 5.69 Å². The summed E-state index contributed by atoms with van der Waals surface area (Å²) >= 11 is 0. The fourth-order valence-electron chi connectivity index (χ4n) is 0.728. The average Bonchev–Trinajstić information content (AvgIpc) is 2.17. The van der Waals surface area contributed by atoms with Crippen LogP contribution in [0.2, 0.25) is 0 Å². The second-order valence-electron chi connectivity index (χ2n) is 2.20. The van der Waals surface area contributed by atoms with Gasteiger partial charge in [-0.2, -0.15) is 4.62 Å². The molecule has 0 saturated heterocycles. The summed E-state index contributed by atoms with van der Waals surface area (Å²) in [4.78, 5) is 10.9. The maximum atomic E-state index is 10.9. The minimum absolute atomic E-state index is 0.367. The molecule has 1 rings (SSSR count). The highest BCUT2D eigenvalue weighted by Crippen LogP contribution is 2.33. The second kappa shape index (κ2) is 5.89. The van der Waals surface area contributed by atoms with Gasteiger partial charge in [0.2, 0.25) is 0 Å². The summed E-state index contributed by atoms with van der Waals surface area (Å²) < 4.78 is 9.39. The maximum Gasteiger partial charge on any atom is 0.386 e. The molecule has 1 atom stereocenters. The Bertz CT molecular complexity index is 232. The van der Waals surface area contributed by atoms with Gasteiger partial charge >= 0.3 is 8.60 Å². The number of hydrogen-bond donors (Lipinski definition) is 1. The lowest BCUT2D eigenvalue weighted by molar-refractivity contribution is 0.212. The zero-order chi connectivity index (χ0) is 9.52. The summed E-state index contributed by atoms with van der Waals surface area (Å²) in [6.45, 7) is 2.12. The van der Waals surface area contributed by atoms with E-state index in [1.807, 2.05) is 18.2 Å². The molecule has 0 aliphatic rings. The third kappa shape index (κ3) is 4.20. The van der Waals surface area contributed by atoms with Crippen LogP contribution in [-0.4, -0.2) is 6.61 Å². The van der Waals surface area contributed by atoms with Crippen molar-refractivity contribution in [3.8, 4) is 0 Å². The second-order valence-corrected chi connectivity index (χ2v) is 3.09. The van der Waals surface area contributed by atoms with E-state index < -0.39 is 8.60 Å². The van der Waals surface area contributed by atoms with Crippen molar-refractivity contribution in [2.75, 3.05) is 12.1 Å². The zero-order valence-corrected chi connectivity index (χ0v) is 8.16. The summed E-state index contributed by atoms with van der Waals surface area (Å²) in [6, 6.07) is 9.18. The molecule has 0 fully saturated rings. The van der Waals surface area contributed by atoms with E-state index in [1.165, 1.54) is 0 Å². The Balaban J connectivity index is 2.27. The van der Waals surface area contributed by atoms with Crippen LogP contribution in [-0.2, 0) is 14.0 Å². The topological polar surface area (TPSA) is 50.4 Å². The van der Waals surface area contributed by atoms with Gasteiger partial charge in [0, 0.05) is 0 Å². The third-order valence-electron chi connectivity index (χ3n) is 1.25. The van der Waals surface area contributed by atoms with Crippen molar-refractivity contribution in [1.82, 2.24) is 0 Å². The summed E-state index contributed by atoms with van der Waals surface area (Å²) in [5.41, 5.74) is 3.26. The monoisotopic (exact) mass is 200 g/mol. The minimum atomic E-state index is -2.07. The molecular weight excluding hydrogens is 189 g/mol. The smallest absolute Gasteiger partial charge is 0.310 e. The summed E-state index contributed by atoms with van der Waals surface area (Å²) in [6.07, 6.45) is 0. The molecule has 0 amide bonds. The van der Waals surface area contributed by atoms with Gasteiger partial charge in [0.1, 0.15) is 0 Å². The molecule has 0 aliphatic heterocycles. The summed E-state index contributed by atoms with van der Waals surface area (Å²) in [7, 11) is -2.07. The van der Waals surface area contributed by atoms with E-state index in [1.54, 1.807) is 19.1 Å². The molecule has 71 valence electrons. The first kappa shape index (κ1) is 10.4. The van der Waals surface area contributed by atoms with Crippen molar-refractivity contribution in [3.05, 3.63) is 30.3 Å². The summed E-state index contributed by atoms with van der Waals surface area (Å²) in [5.74, 6) is 0. The normalized spacial score (nSPS) is 12.5. The highest BCUT2D eigenvalue weighted by molar-refractivity contribution is 7.40. The van der Waals surface area contributed by atoms with E-state index in [-0.39, 0.29) is 0 Å². The Hall–Kier alpha value is -0.670. The number of hydrogen-bond acceptors (Lipinski definition) is 3. The molecule has 1 radical (unpaired) electrons. The first-order valence-electron chi connectivity index (χ1n) is 3.91. The van der Waals surface area contributed by atoms with Crippen LogP contribution in [0.1, 0.15) is 6.92 Å². The van der Waals surface area contributed by atoms with Crippen LogP contribution in [0.25, 0.3) is 0 Å². The van der Waals surface area contributed by atoms with Gasteiger partial charge in [-0.05, 0) is 19.1 Å². The number of benzene rings is 1. The lowest BCUT2D eigenvalue weighted by Crippen LogP contribution is -1.97. The molecule has 0 heterocycles. The van der Waals surface area contributed by atoms with Gasteiger partial charge in [-0.1, -0.05) is 18.2 Å². The lowest BCUT2D eigenvalue weighted by Gasteiger charge is -2.08. The Labute approximate surface area is 78.4 Å². The van der Waals surface area contributed by atoms with Crippen LogP contribution in [0.5, 0.6) is 0 Å². The van der Waals surface area contributed by atoms with Crippen molar-refractivity contribution in [2.24, 2.45) is 0 Å². The van der Waals surface area contributed by atoms with Crippen molar-refractivity contribution < 1.29 is 14.0 Å². The molecule has 4 nitrogen and oxygen atoms in total. The molecule has 0 aliphatic carbocycles. The molecule has 5 heteroatoms. The van der Waals surface area contributed by atoms with Crippen LogP contribution >= 0.6 is 8.60 Å². The molecule has 13 heavy (non-hydrogen) atoms. The van der Waals surface area contributed by atoms with Gasteiger partial charge in [-0.15, -0.1) is 4.89 Å². The molecule has 1 N–H and O–H groups in total. The first-order chi connectivity index (χ1) is 6.33. The van der Waals surface area contributed by atoms with Gasteiger partial charge in [-0.3, -0.25) is 5.48 Å². The van der Waals surface area contributed by atoms with Gasteiger partial charge in [0.15, 0.2) is 0 Å². The van der Waals surface area contributed by atoms with Crippen LogP contribution in [0, 0.1) is 0 Å². The van der Waals surface area contributed by atoms with Gasteiger partial charge in [-0.25, -0.2) is 0 Å².